The maximum absolute atomic E-state index is 5.16. The molecule has 1 fully saturated rings. The number of hydrogen-bond acceptors (Lipinski definition) is 3. The molecule has 3 nitrogen and oxygen atoms in total. The Morgan fingerprint density at radius 1 is 1.40 bits per heavy atom. The molecule has 0 aliphatic heterocycles. The molecule has 0 aromatic carbocycles. The van der Waals surface area contributed by atoms with Gasteiger partial charge in [-0.2, -0.15) is 0 Å². The van der Waals surface area contributed by atoms with Crippen LogP contribution >= 0.6 is 0 Å². The van der Waals surface area contributed by atoms with Crippen LogP contribution in [0.1, 0.15) is 49.6 Å². The first-order chi connectivity index (χ1) is 7.17. The van der Waals surface area contributed by atoms with E-state index >= 15 is 0 Å². The number of nitrogens with one attached hydrogen (secondary N) is 1. The van der Waals surface area contributed by atoms with E-state index in [2.05, 4.69) is 17.4 Å². The minimum Gasteiger partial charge on any atom is -0.361 e. The highest BCUT2D eigenvalue weighted by Gasteiger charge is 2.34. The fraction of sp³-hybridized carbons (Fsp3) is 0.750. The minimum absolute atomic E-state index is 0.399. The number of nitrogens with zero attached hydrogens (tertiary/aromatic N) is 1. The zero-order valence-corrected chi connectivity index (χ0v) is 9.89. The van der Waals surface area contributed by atoms with Crippen LogP contribution in [0.5, 0.6) is 0 Å². The fourth-order valence-corrected chi connectivity index (χ4v) is 2.29. The van der Waals surface area contributed by atoms with Crippen molar-refractivity contribution < 1.29 is 4.52 Å². The molecule has 1 aromatic rings. The molecule has 1 aliphatic carbocycles. The Morgan fingerprint density at radius 3 is 2.53 bits per heavy atom. The SMILES string of the molecule is CCC1(NCc2c(C)noc2C)CCC1. The molecular weight excluding hydrogens is 188 g/mol. The Labute approximate surface area is 91.2 Å². The second-order valence-corrected chi connectivity index (χ2v) is 4.64. The maximum atomic E-state index is 5.16. The lowest BCUT2D eigenvalue weighted by Crippen LogP contribution is -2.49. The highest BCUT2D eigenvalue weighted by molar-refractivity contribution is 5.21. The smallest absolute Gasteiger partial charge is 0.138 e. The van der Waals surface area contributed by atoms with Crippen molar-refractivity contribution in [2.75, 3.05) is 0 Å². The van der Waals surface area contributed by atoms with Gasteiger partial charge in [0.1, 0.15) is 5.76 Å². The molecule has 0 unspecified atom stereocenters. The van der Waals surface area contributed by atoms with Gasteiger partial charge in [0.2, 0.25) is 0 Å². The summed E-state index contributed by atoms with van der Waals surface area (Å²) in [6.07, 6.45) is 5.21. The van der Waals surface area contributed by atoms with Crippen molar-refractivity contribution in [2.45, 2.75) is 58.5 Å². The van der Waals surface area contributed by atoms with Gasteiger partial charge in [-0.05, 0) is 39.5 Å². The van der Waals surface area contributed by atoms with Crippen molar-refractivity contribution >= 4 is 0 Å². The Morgan fingerprint density at radius 2 is 2.13 bits per heavy atom. The third kappa shape index (κ3) is 1.93. The average Bonchev–Trinajstić information content (AvgIpc) is 2.47. The van der Waals surface area contributed by atoms with E-state index < -0.39 is 0 Å². The Hall–Kier alpha value is -0.830. The molecule has 1 heterocycles. The van der Waals surface area contributed by atoms with Crippen LogP contribution in [0.3, 0.4) is 0 Å². The van der Waals surface area contributed by atoms with Gasteiger partial charge in [0.05, 0.1) is 5.69 Å². The summed E-state index contributed by atoms with van der Waals surface area (Å²) >= 11 is 0. The highest BCUT2D eigenvalue weighted by atomic mass is 16.5. The monoisotopic (exact) mass is 208 g/mol. The van der Waals surface area contributed by atoms with Gasteiger partial charge in [-0.25, -0.2) is 0 Å². The van der Waals surface area contributed by atoms with Crippen molar-refractivity contribution in [1.29, 1.82) is 0 Å². The zero-order chi connectivity index (χ0) is 10.9. The first-order valence-electron chi connectivity index (χ1n) is 5.84. The summed E-state index contributed by atoms with van der Waals surface area (Å²) in [5.74, 6) is 0.950. The topological polar surface area (TPSA) is 38.1 Å². The third-order valence-corrected chi connectivity index (χ3v) is 3.81. The van der Waals surface area contributed by atoms with E-state index in [-0.39, 0.29) is 0 Å². The van der Waals surface area contributed by atoms with Crippen LogP contribution < -0.4 is 5.32 Å². The second-order valence-electron chi connectivity index (χ2n) is 4.64. The molecule has 15 heavy (non-hydrogen) atoms. The van der Waals surface area contributed by atoms with Crippen molar-refractivity contribution in [3.8, 4) is 0 Å². The first-order valence-corrected chi connectivity index (χ1v) is 5.84. The summed E-state index contributed by atoms with van der Waals surface area (Å²) < 4.78 is 5.16. The molecule has 0 spiro atoms. The van der Waals surface area contributed by atoms with Crippen molar-refractivity contribution in [3.05, 3.63) is 17.0 Å². The predicted molar refractivity (Wildman–Crippen MR) is 59.7 cm³/mol. The molecule has 1 aliphatic rings. The lowest BCUT2D eigenvalue weighted by Gasteiger charge is -2.42. The van der Waals surface area contributed by atoms with E-state index in [0.29, 0.717) is 5.54 Å². The van der Waals surface area contributed by atoms with Gasteiger partial charge in [0.25, 0.3) is 0 Å². The summed E-state index contributed by atoms with van der Waals surface area (Å²) in [4.78, 5) is 0. The van der Waals surface area contributed by atoms with E-state index in [9.17, 15) is 0 Å². The first kappa shape index (κ1) is 10.7. The van der Waals surface area contributed by atoms with Gasteiger partial charge in [-0.15, -0.1) is 0 Å². The number of rotatable bonds is 4. The molecule has 0 amide bonds. The van der Waals surface area contributed by atoms with Gasteiger partial charge < -0.3 is 9.84 Å². The van der Waals surface area contributed by atoms with Gasteiger partial charge in [0, 0.05) is 17.6 Å². The van der Waals surface area contributed by atoms with Crippen molar-refractivity contribution in [1.82, 2.24) is 10.5 Å². The van der Waals surface area contributed by atoms with Gasteiger partial charge in [-0.1, -0.05) is 12.1 Å². The molecule has 0 bridgehead atoms. The molecule has 0 saturated heterocycles. The third-order valence-electron chi connectivity index (χ3n) is 3.81. The van der Waals surface area contributed by atoms with E-state index in [1.165, 1.54) is 31.2 Å². The Balaban J connectivity index is 1.98. The lowest BCUT2D eigenvalue weighted by atomic mass is 9.75. The van der Waals surface area contributed by atoms with Gasteiger partial charge in [0.15, 0.2) is 0 Å². The standard InChI is InChI=1S/C12H20N2O/c1-4-12(6-5-7-12)13-8-11-9(2)14-15-10(11)3/h13H,4-8H2,1-3H3. The molecule has 0 atom stereocenters. The summed E-state index contributed by atoms with van der Waals surface area (Å²) in [6.45, 7) is 7.15. The van der Waals surface area contributed by atoms with Crippen molar-refractivity contribution in [3.63, 3.8) is 0 Å². The normalized spacial score (nSPS) is 18.9. The van der Waals surface area contributed by atoms with E-state index in [1.807, 2.05) is 13.8 Å². The average molecular weight is 208 g/mol. The van der Waals surface area contributed by atoms with Crippen LogP contribution in [0, 0.1) is 13.8 Å². The summed E-state index contributed by atoms with van der Waals surface area (Å²) in [6, 6.07) is 0. The number of aryl methyl sites for hydroxylation is 2. The molecule has 84 valence electrons. The molecule has 3 heteroatoms. The number of aromatic nitrogens is 1. The Kier molecular flexibility index (Phi) is 2.83. The Bertz CT molecular complexity index is 314. The zero-order valence-electron chi connectivity index (χ0n) is 9.89. The van der Waals surface area contributed by atoms with E-state index in [0.717, 1.165) is 18.0 Å². The maximum Gasteiger partial charge on any atom is 0.138 e. The molecule has 2 rings (SSSR count). The van der Waals surface area contributed by atoms with Gasteiger partial charge in [-0.3, -0.25) is 0 Å². The minimum atomic E-state index is 0.399. The molecule has 1 saturated carbocycles. The van der Waals surface area contributed by atoms with E-state index in [1.54, 1.807) is 0 Å². The van der Waals surface area contributed by atoms with Gasteiger partial charge >= 0.3 is 0 Å². The van der Waals surface area contributed by atoms with Crippen LogP contribution in [0.25, 0.3) is 0 Å². The predicted octanol–water partition coefficient (Wildman–Crippen LogP) is 2.71. The van der Waals surface area contributed by atoms with Crippen LogP contribution in [0.15, 0.2) is 4.52 Å². The van der Waals surface area contributed by atoms with E-state index in [4.69, 9.17) is 4.52 Å². The molecule has 0 radical (unpaired) electrons. The summed E-state index contributed by atoms with van der Waals surface area (Å²) in [5.41, 5.74) is 2.65. The summed E-state index contributed by atoms with van der Waals surface area (Å²) in [7, 11) is 0. The largest absolute Gasteiger partial charge is 0.361 e. The van der Waals surface area contributed by atoms with Crippen molar-refractivity contribution in [2.24, 2.45) is 0 Å². The molecule has 1 aromatic heterocycles. The summed E-state index contributed by atoms with van der Waals surface area (Å²) in [5, 5.41) is 7.64. The fourth-order valence-electron chi connectivity index (χ4n) is 2.29. The molecule has 1 N–H and O–H groups in total. The van der Waals surface area contributed by atoms with Crippen LogP contribution in [0.2, 0.25) is 0 Å². The van der Waals surface area contributed by atoms with Crippen LogP contribution in [-0.2, 0) is 6.54 Å². The van der Waals surface area contributed by atoms with Crippen LogP contribution in [-0.4, -0.2) is 10.7 Å². The lowest BCUT2D eigenvalue weighted by molar-refractivity contribution is 0.175. The highest BCUT2D eigenvalue weighted by Crippen LogP contribution is 2.35. The quantitative estimate of drug-likeness (QED) is 0.826. The number of hydrogen-bond donors (Lipinski definition) is 1. The second kappa shape index (κ2) is 3.97. The molecular formula is C12H20N2O. The van der Waals surface area contributed by atoms with Crippen LogP contribution in [0.4, 0.5) is 0 Å².